The van der Waals surface area contributed by atoms with Crippen LogP contribution < -0.4 is 0 Å². The molecule has 4 heterocycles. The molecule has 3 aromatic heterocycles. The van der Waals surface area contributed by atoms with Gasteiger partial charge in [-0.25, -0.2) is 4.98 Å². The Balaban J connectivity index is 0.000000118. The molecule has 240 valence electrons. The van der Waals surface area contributed by atoms with E-state index in [1.165, 1.54) is 33.0 Å². The Hall–Kier alpha value is -6.39. The molecule has 0 saturated heterocycles. The summed E-state index contributed by atoms with van der Waals surface area (Å²) in [5.41, 5.74) is 6.75. The molecule has 5 aromatic carbocycles. The van der Waals surface area contributed by atoms with Crippen LogP contribution in [0.5, 0.6) is 0 Å². The Bertz CT molecular complexity index is 1900. The number of nitrogens with zero attached hydrogens (tertiary/aromatic N) is 4. The molecule has 1 aliphatic heterocycles. The molecule has 4 heteroatoms. The first-order valence-electron chi connectivity index (χ1n) is 16.4. The van der Waals surface area contributed by atoms with Gasteiger partial charge in [-0.3, -0.25) is 9.98 Å². The van der Waals surface area contributed by atoms with Gasteiger partial charge in [0, 0.05) is 49.8 Å². The fraction of sp³-hybridized carbons (Fsp3) is 0.0444. The number of hydrogen-bond acceptors (Lipinski definition) is 3. The van der Waals surface area contributed by atoms with Crippen LogP contribution in [0.25, 0.3) is 27.5 Å². The molecule has 0 amide bonds. The van der Waals surface area contributed by atoms with Crippen molar-refractivity contribution in [2.45, 2.75) is 12.8 Å². The van der Waals surface area contributed by atoms with Crippen LogP contribution in [0.15, 0.2) is 218 Å². The maximum absolute atomic E-state index is 4.08. The predicted molar refractivity (Wildman–Crippen MR) is 207 cm³/mol. The first kappa shape index (κ1) is 34.0. The van der Waals surface area contributed by atoms with Crippen LogP contribution >= 0.6 is 0 Å². The average Bonchev–Trinajstić information content (AvgIpc) is 4.00. The van der Waals surface area contributed by atoms with Gasteiger partial charge in [-0.15, -0.1) is 0 Å². The first-order valence-corrected chi connectivity index (χ1v) is 16.4. The summed E-state index contributed by atoms with van der Waals surface area (Å²) in [6, 6.07) is 57.7. The van der Waals surface area contributed by atoms with Gasteiger partial charge in [-0.05, 0) is 63.7 Å². The number of rotatable bonds is 0. The highest BCUT2D eigenvalue weighted by molar-refractivity contribution is 5.82. The number of hydrogen-bond donors (Lipinski definition) is 0. The van der Waals surface area contributed by atoms with E-state index in [-0.39, 0.29) is 0 Å². The Kier molecular flexibility index (Phi) is 13.8. The quantitative estimate of drug-likeness (QED) is 0.166. The lowest BCUT2D eigenvalue weighted by Gasteiger charge is -1.98. The van der Waals surface area contributed by atoms with Crippen molar-refractivity contribution in [3.63, 3.8) is 0 Å². The average molecular weight is 637 g/mol. The molecule has 0 bridgehead atoms. The van der Waals surface area contributed by atoms with Gasteiger partial charge in [0.1, 0.15) is 5.65 Å². The third kappa shape index (κ3) is 11.4. The van der Waals surface area contributed by atoms with Crippen molar-refractivity contribution in [1.29, 1.82) is 0 Å². The van der Waals surface area contributed by atoms with E-state index in [1.807, 2.05) is 102 Å². The van der Waals surface area contributed by atoms with E-state index >= 15 is 0 Å². The second-order valence-electron chi connectivity index (χ2n) is 10.9. The molecule has 0 N–H and O–H groups in total. The van der Waals surface area contributed by atoms with Crippen LogP contribution in [-0.2, 0) is 6.42 Å². The zero-order chi connectivity index (χ0) is 33.6. The minimum atomic E-state index is 0.998. The van der Waals surface area contributed by atoms with Gasteiger partial charge >= 0.3 is 0 Å². The summed E-state index contributed by atoms with van der Waals surface area (Å²) in [5.74, 6) is 0. The largest absolute Gasteiger partial charge is 0.307 e. The van der Waals surface area contributed by atoms with Crippen LogP contribution in [0, 0.1) is 0 Å². The fourth-order valence-electron chi connectivity index (χ4n) is 5.08. The van der Waals surface area contributed by atoms with Gasteiger partial charge in [-0.2, -0.15) is 0 Å². The van der Waals surface area contributed by atoms with Crippen LogP contribution in [0.3, 0.4) is 0 Å². The highest BCUT2D eigenvalue weighted by atomic mass is 15.0. The molecule has 0 unspecified atom stereocenters. The molecule has 0 saturated carbocycles. The summed E-state index contributed by atoms with van der Waals surface area (Å²) in [5, 5.41) is 2.62. The molecular weight excluding hydrogens is 597 g/mol. The minimum Gasteiger partial charge on any atom is -0.307 e. The second-order valence-corrected chi connectivity index (χ2v) is 10.9. The summed E-state index contributed by atoms with van der Waals surface area (Å²) in [7, 11) is 0. The Morgan fingerprint density at radius 1 is 0.449 bits per heavy atom. The maximum Gasteiger partial charge on any atom is 0.136 e. The molecule has 8 aromatic rings. The fourth-order valence-corrected chi connectivity index (χ4v) is 5.08. The molecular formula is C45H40N4. The van der Waals surface area contributed by atoms with Crippen molar-refractivity contribution < 1.29 is 0 Å². The van der Waals surface area contributed by atoms with Gasteiger partial charge in [-0.1, -0.05) is 152 Å². The first-order chi connectivity index (χ1) is 24.4. The number of allylic oxidation sites excluding steroid dienone is 1. The topological polar surface area (TPSA) is 42.5 Å². The monoisotopic (exact) mass is 636 g/mol. The Morgan fingerprint density at radius 2 is 0.959 bits per heavy atom. The van der Waals surface area contributed by atoms with E-state index < -0.39 is 0 Å². The number of imidazole rings is 1. The van der Waals surface area contributed by atoms with Crippen molar-refractivity contribution in [2.24, 2.45) is 4.99 Å². The van der Waals surface area contributed by atoms with Crippen LogP contribution in [0.1, 0.15) is 17.5 Å². The highest BCUT2D eigenvalue weighted by Crippen LogP contribution is 2.35. The third-order valence-corrected chi connectivity index (χ3v) is 7.44. The van der Waals surface area contributed by atoms with Gasteiger partial charge in [0.25, 0.3) is 0 Å². The van der Waals surface area contributed by atoms with E-state index in [1.54, 1.807) is 24.8 Å². The normalized spacial score (nSPS) is 10.9. The van der Waals surface area contributed by atoms with Gasteiger partial charge < -0.3 is 4.40 Å². The smallest absolute Gasteiger partial charge is 0.136 e. The van der Waals surface area contributed by atoms with E-state index in [2.05, 4.69) is 112 Å². The Labute approximate surface area is 289 Å². The molecule has 2 aliphatic rings. The number of pyridine rings is 2. The lowest BCUT2D eigenvalue weighted by atomic mass is 10.1. The van der Waals surface area contributed by atoms with Gasteiger partial charge in [0.2, 0.25) is 0 Å². The summed E-state index contributed by atoms with van der Waals surface area (Å²) in [6.45, 7) is 0. The van der Waals surface area contributed by atoms with E-state index in [4.69, 9.17) is 0 Å². The van der Waals surface area contributed by atoms with Gasteiger partial charge in [0.05, 0.1) is 0 Å². The number of benzene rings is 5. The number of aromatic nitrogens is 3. The standard InChI is InChI=1S/C13H10.C10H8.C7H6N2.C6H6.C5H5N.C4H5N/c1-3-7-12-10(5-1)9-11-6-2-4-8-13(11)12;1-2-6-10-8-4-3-7-9(10)5-1;1-2-5-9-6-4-8-7(9)3-1;2*1-2-4-6-5-3-1;1-2-4-5-3-1/h1-8H,9H2;1-8H;1-6H;1-6H;1-5H;1,3-4H,2H2. The number of aliphatic imine (C=N–C) groups is 1. The minimum absolute atomic E-state index is 0.998. The SMILES string of the molecule is C1=CN=CC1.c1ccc2c(c1)Cc1ccccc1-2.c1ccc2ccccc2c1.c1ccccc1.c1ccn2ccnc2c1.c1ccncc1. The third-order valence-electron chi connectivity index (χ3n) is 7.44. The highest BCUT2D eigenvalue weighted by Gasteiger charge is 2.15. The summed E-state index contributed by atoms with van der Waals surface area (Å²) in [6.07, 6.45) is 17.0. The van der Waals surface area contributed by atoms with Crippen LogP contribution in [-0.4, -0.2) is 20.6 Å². The zero-order valence-electron chi connectivity index (χ0n) is 27.5. The van der Waals surface area contributed by atoms with Crippen molar-refractivity contribution in [3.05, 3.63) is 224 Å². The molecule has 10 rings (SSSR count). The molecule has 0 radical (unpaired) electrons. The molecule has 0 fully saturated rings. The summed E-state index contributed by atoms with van der Waals surface area (Å²) >= 11 is 0. The Morgan fingerprint density at radius 3 is 1.39 bits per heavy atom. The predicted octanol–water partition coefficient (Wildman–Crippen LogP) is 11.2. The van der Waals surface area contributed by atoms with E-state index in [0.717, 1.165) is 18.5 Å². The van der Waals surface area contributed by atoms with Crippen molar-refractivity contribution >= 4 is 22.6 Å². The van der Waals surface area contributed by atoms with Crippen molar-refractivity contribution in [1.82, 2.24) is 14.4 Å². The molecule has 0 atom stereocenters. The second kappa shape index (κ2) is 20.0. The summed E-state index contributed by atoms with van der Waals surface area (Å²) < 4.78 is 1.97. The van der Waals surface area contributed by atoms with Crippen LogP contribution in [0.2, 0.25) is 0 Å². The number of fused-ring (bicyclic) bond motifs is 5. The molecule has 49 heavy (non-hydrogen) atoms. The van der Waals surface area contributed by atoms with Crippen molar-refractivity contribution in [2.75, 3.05) is 0 Å². The van der Waals surface area contributed by atoms with Crippen LogP contribution in [0.4, 0.5) is 0 Å². The maximum atomic E-state index is 4.08. The molecule has 0 spiro atoms. The lowest BCUT2D eigenvalue weighted by molar-refractivity contribution is 1.19. The van der Waals surface area contributed by atoms with E-state index in [0.29, 0.717) is 0 Å². The molecule has 4 nitrogen and oxygen atoms in total. The summed E-state index contributed by atoms with van der Waals surface area (Å²) in [4.78, 5) is 11.6. The zero-order valence-corrected chi connectivity index (χ0v) is 27.5. The van der Waals surface area contributed by atoms with E-state index in [9.17, 15) is 0 Å². The molecule has 1 aliphatic carbocycles. The van der Waals surface area contributed by atoms with Gasteiger partial charge in [0.15, 0.2) is 0 Å². The lowest BCUT2D eigenvalue weighted by Crippen LogP contribution is -1.77. The van der Waals surface area contributed by atoms with Crippen molar-refractivity contribution in [3.8, 4) is 11.1 Å².